The molecule has 1 heterocycles. The number of carbonyl (C=O) groups excluding carboxylic acids is 1. The highest BCUT2D eigenvalue weighted by Gasteiger charge is 2.12. The summed E-state index contributed by atoms with van der Waals surface area (Å²) < 4.78 is 5.86. The lowest BCUT2D eigenvalue weighted by molar-refractivity contribution is -0.115. The van der Waals surface area contributed by atoms with Gasteiger partial charge in [0.1, 0.15) is 5.52 Å². The number of hydrogen-bond acceptors (Lipinski definition) is 3. The third kappa shape index (κ3) is 3.86. The lowest BCUT2D eigenvalue weighted by Crippen LogP contribution is -2.14. The second kappa shape index (κ2) is 7.25. The molecule has 4 aromatic rings. The molecule has 5 heteroatoms. The van der Waals surface area contributed by atoms with Crippen molar-refractivity contribution in [1.82, 2.24) is 4.98 Å². The number of benzene rings is 3. The first kappa shape index (κ1) is 17.3. The van der Waals surface area contributed by atoms with Gasteiger partial charge in [0.2, 0.25) is 11.8 Å². The van der Waals surface area contributed by atoms with E-state index in [-0.39, 0.29) is 12.3 Å². The zero-order valence-electron chi connectivity index (χ0n) is 14.7. The molecule has 1 amide bonds. The van der Waals surface area contributed by atoms with Gasteiger partial charge in [0.25, 0.3) is 0 Å². The molecule has 4 rings (SSSR count). The molecule has 4 nitrogen and oxygen atoms in total. The lowest BCUT2D eigenvalue weighted by atomic mass is 10.1. The fraction of sp³-hybridized carbons (Fsp3) is 0.0909. The smallest absolute Gasteiger partial charge is 0.228 e. The Balaban J connectivity index is 1.59. The molecule has 0 aliphatic rings. The summed E-state index contributed by atoms with van der Waals surface area (Å²) in [5, 5.41) is 3.34. The minimum Gasteiger partial charge on any atom is -0.436 e. The SMILES string of the molecule is Cc1ccc2nc(-c3ccc(Cl)c(NC(=O)Cc4ccccc4)c3)oc2c1. The fourth-order valence-corrected chi connectivity index (χ4v) is 3.05. The second-order valence-electron chi connectivity index (χ2n) is 6.40. The molecule has 1 N–H and O–H groups in total. The normalized spacial score (nSPS) is 10.9. The van der Waals surface area contributed by atoms with Crippen LogP contribution in [-0.2, 0) is 11.2 Å². The maximum atomic E-state index is 12.4. The number of halogens is 1. The van der Waals surface area contributed by atoms with E-state index in [1.54, 1.807) is 12.1 Å². The summed E-state index contributed by atoms with van der Waals surface area (Å²) in [6, 6.07) is 20.8. The molecule has 0 radical (unpaired) electrons. The van der Waals surface area contributed by atoms with Gasteiger partial charge in [0, 0.05) is 5.56 Å². The molecule has 134 valence electrons. The van der Waals surface area contributed by atoms with Crippen molar-refractivity contribution in [3.63, 3.8) is 0 Å². The Bertz CT molecular complexity index is 1120. The van der Waals surface area contributed by atoms with Gasteiger partial charge in [-0.2, -0.15) is 0 Å². The largest absolute Gasteiger partial charge is 0.436 e. The molecule has 1 aromatic heterocycles. The van der Waals surface area contributed by atoms with E-state index < -0.39 is 0 Å². The number of anilines is 1. The van der Waals surface area contributed by atoms with Gasteiger partial charge in [-0.1, -0.05) is 48.0 Å². The van der Waals surface area contributed by atoms with E-state index >= 15 is 0 Å². The van der Waals surface area contributed by atoms with Crippen LogP contribution in [0.4, 0.5) is 5.69 Å². The van der Waals surface area contributed by atoms with Gasteiger partial charge in [-0.3, -0.25) is 4.79 Å². The van der Waals surface area contributed by atoms with E-state index in [0.29, 0.717) is 16.6 Å². The van der Waals surface area contributed by atoms with Crippen LogP contribution in [0, 0.1) is 6.92 Å². The van der Waals surface area contributed by atoms with Crippen LogP contribution in [-0.4, -0.2) is 10.9 Å². The second-order valence-corrected chi connectivity index (χ2v) is 6.80. The Kier molecular flexibility index (Phi) is 4.65. The van der Waals surface area contributed by atoms with E-state index in [9.17, 15) is 4.79 Å². The number of hydrogen-bond donors (Lipinski definition) is 1. The van der Waals surface area contributed by atoms with Gasteiger partial charge in [-0.05, 0) is 48.4 Å². The van der Waals surface area contributed by atoms with E-state index in [4.69, 9.17) is 16.0 Å². The van der Waals surface area contributed by atoms with E-state index in [1.807, 2.05) is 61.5 Å². The summed E-state index contributed by atoms with van der Waals surface area (Å²) in [6.07, 6.45) is 0.281. The highest BCUT2D eigenvalue weighted by Crippen LogP contribution is 2.30. The summed E-state index contributed by atoms with van der Waals surface area (Å²) in [6.45, 7) is 2.00. The van der Waals surface area contributed by atoms with Crippen molar-refractivity contribution in [3.05, 3.63) is 82.9 Å². The molecule has 0 bridgehead atoms. The molecule has 27 heavy (non-hydrogen) atoms. The van der Waals surface area contributed by atoms with Crippen LogP contribution < -0.4 is 5.32 Å². The Morgan fingerprint density at radius 2 is 1.89 bits per heavy atom. The van der Waals surface area contributed by atoms with Crippen molar-refractivity contribution in [1.29, 1.82) is 0 Å². The van der Waals surface area contributed by atoms with Crippen LogP contribution in [0.3, 0.4) is 0 Å². The number of nitrogens with zero attached hydrogens (tertiary/aromatic N) is 1. The topological polar surface area (TPSA) is 55.1 Å². The molecule has 0 spiro atoms. The minimum atomic E-state index is -0.131. The Hall–Kier alpha value is -3.11. The number of nitrogens with one attached hydrogen (secondary N) is 1. The highest BCUT2D eigenvalue weighted by atomic mass is 35.5. The van der Waals surface area contributed by atoms with Gasteiger partial charge in [0.05, 0.1) is 17.1 Å². The minimum absolute atomic E-state index is 0.131. The van der Waals surface area contributed by atoms with E-state index in [1.165, 1.54) is 0 Å². The number of aryl methyl sites for hydroxylation is 1. The van der Waals surface area contributed by atoms with Crippen LogP contribution in [0.25, 0.3) is 22.6 Å². The molecule has 0 saturated carbocycles. The quantitative estimate of drug-likeness (QED) is 0.501. The molecule has 0 atom stereocenters. The number of aromatic nitrogens is 1. The first-order valence-corrected chi connectivity index (χ1v) is 8.97. The van der Waals surface area contributed by atoms with Crippen LogP contribution in [0.2, 0.25) is 5.02 Å². The third-order valence-electron chi connectivity index (χ3n) is 4.24. The van der Waals surface area contributed by atoms with Gasteiger partial charge < -0.3 is 9.73 Å². The van der Waals surface area contributed by atoms with Crippen molar-refractivity contribution in [2.75, 3.05) is 5.32 Å². The molecule has 0 fully saturated rings. The lowest BCUT2D eigenvalue weighted by Gasteiger charge is -2.08. The molecular formula is C22H17ClN2O2. The summed E-state index contributed by atoms with van der Waals surface area (Å²) in [4.78, 5) is 16.9. The average molecular weight is 377 g/mol. The fourth-order valence-electron chi connectivity index (χ4n) is 2.89. The summed E-state index contributed by atoms with van der Waals surface area (Å²) in [5.41, 5.74) is 4.86. The predicted molar refractivity (Wildman–Crippen MR) is 108 cm³/mol. The molecule has 0 aliphatic heterocycles. The molecule has 0 aliphatic carbocycles. The van der Waals surface area contributed by atoms with E-state index in [2.05, 4.69) is 10.3 Å². The monoisotopic (exact) mass is 376 g/mol. The molecule has 0 saturated heterocycles. The van der Waals surface area contributed by atoms with Crippen molar-refractivity contribution in [3.8, 4) is 11.5 Å². The van der Waals surface area contributed by atoms with Gasteiger partial charge in [0.15, 0.2) is 5.58 Å². The molecular weight excluding hydrogens is 360 g/mol. The first-order valence-electron chi connectivity index (χ1n) is 8.59. The maximum Gasteiger partial charge on any atom is 0.228 e. The zero-order valence-corrected chi connectivity index (χ0v) is 15.5. The number of amides is 1. The van der Waals surface area contributed by atoms with Crippen molar-refractivity contribution >= 4 is 34.3 Å². The highest BCUT2D eigenvalue weighted by molar-refractivity contribution is 6.33. The van der Waals surface area contributed by atoms with Crippen LogP contribution in [0.15, 0.2) is 71.1 Å². The number of fused-ring (bicyclic) bond motifs is 1. The number of rotatable bonds is 4. The summed E-state index contributed by atoms with van der Waals surface area (Å²) in [5.74, 6) is 0.360. The summed E-state index contributed by atoms with van der Waals surface area (Å²) in [7, 11) is 0. The maximum absolute atomic E-state index is 12.4. The van der Waals surface area contributed by atoms with Crippen LogP contribution in [0.5, 0.6) is 0 Å². The number of oxazole rings is 1. The predicted octanol–water partition coefficient (Wildman–Crippen LogP) is 5.64. The van der Waals surface area contributed by atoms with E-state index in [0.717, 1.165) is 27.8 Å². The summed E-state index contributed by atoms with van der Waals surface area (Å²) >= 11 is 6.26. The zero-order chi connectivity index (χ0) is 18.8. The Morgan fingerprint density at radius 1 is 1.07 bits per heavy atom. The average Bonchev–Trinajstić information content (AvgIpc) is 3.07. The van der Waals surface area contributed by atoms with Crippen molar-refractivity contribution in [2.24, 2.45) is 0 Å². The van der Waals surface area contributed by atoms with Crippen molar-refractivity contribution < 1.29 is 9.21 Å². The standard InChI is InChI=1S/C22H17ClN2O2/c1-14-7-10-18-20(11-14)27-22(25-18)16-8-9-17(23)19(13-16)24-21(26)12-15-5-3-2-4-6-15/h2-11,13H,12H2,1H3,(H,24,26). The third-order valence-corrected chi connectivity index (χ3v) is 4.57. The van der Waals surface area contributed by atoms with Crippen LogP contribution in [0.1, 0.15) is 11.1 Å². The Morgan fingerprint density at radius 3 is 2.70 bits per heavy atom. The Labute approximate surface area is 161 Å². The van der Waals surface area contributed by atoms with Gasteiger partial charge in [-0.15, -0.1) is 0 Å². The van der Waals surface area contributed by atoms with Crippen LogP contribution >= 0.6 is 11.6 Å². The van der Waals surface area contributed by atoms with Crippen molar-refractivity contribution in [2.45, 2.75) is 13.3 Å². The molecule has 3 aromatic carbocycles. The van der Waals surface area contributed by atoms with Gasteiger partial charge in [-0.25, -0.2) is 4.98 Å². The first-order chi connectivity index (χ1) is 13.1. The molecule has 0 unspecified atom stereocenters. The van der Waals surface area contributed by atoms with Gasteiger partial charge >= 0.3 is 0 Å². The number of carbonyl (C=O) groups is 1.